The number of hydrogen-bond acceptors (Lipinski definition) is 3. The number of benzene rings is 1. The van der Waals surface area contributed by atoms with Gasteiger partial charge in [0.2, 0.25) is 0 Å². The summed E-state index contributed by atoms with van der Waals surface area (Å²) < 4.78 is 6.22. The molecule has 1 spiro atoms. The molecule has 0 aromatic heterocycles. The molecule has 132 valence electrons. The number of hydrogen-bond donors (Lipinski definition) is 0. The van der Waals surface area contributed by atoms with Crippen molar-refractivity contribution in [3.8, 4) is 0 Å². The maximum absolute atomic E-state index is 6.79. The Morgan fingerprint density at radius 3 is 2.00 bits per heavy atom. The molecule has 2 fully saturated rings. The van der Waals surface area contributed by atoms with Crippen LogP contribution >= 0.6 is 0 Å². The van der Waals surface area contributed by atoms with Crippen molar-refractivity contribution >= 4 is 0 Å². The smallest absolute Gasteiger partial charge is 0.125 e. The van der Waals surface area contributed by atoms with Crippen molar-refractivity contribution in [1.29, 1.82) is 0 Å². The molecule has 0 amide bonds. The molecule has 3 heteroatoms. The van der Waals surface area contributed by atoms with Gasteiger partial charge in [-0.25, -0.2) is 0 Å². The van der Waals surface area contributed by atoms with Crippen molar-refractivity contribution in [2.24, 2.45) is 0 Å². The zero-order valence-electron chi connectivity index (χ0n) is 16.0. The number of fused-ring (bicyclic) bond motifs is 1. The second kappa shape index (κ2) is 4.84. The Bertz CT molecular complexity index is 629. The van der Waals surface area contributed by atoms with Crippen LogP contribution in [0.1, 0.15) is 78.4 Å². The number of rotatable bonds is 2. The zero-order valence-corrected chi connectivity index (χ0v) is 16.0. The minimum Gasteiger partial charge on any atom is -0.360 e. The van der Waals surface area contributed by atoms with E-state index in [9.17, 15) is 0 Å². The molecule has 24 heavy (non-hydrogen) atoms. The van der Waals surface area contributed by atoms with Crippen molar-refractivity contribution in [3.63, 3.8) is 0 Å². The first-order valence-corrected chi connectivity index (χ1v) is 9.40. The highest BCUT2D eigenvalue weighted by molar-refractivity contribution is 5.42. The van der Waals surface area contributed by atoms with E-state index < -0.39 is 0 Å². The predicted molar refractivity (Wildman–Crippen MR) is 95.6 cm³/mol. The predicted octanol–water partition coefficient (Wildman–Crippen LogP) is 4.89. The monoisotopic (exact) mass is 329 g/mol. The van der Waals surface area contributed by atoms with Crippen molar-refractivity contribution in [2.45, 2.75) is 95.6 Å². The van der Waals surface area contributed by atoms with Gasteiger partial charge in [0, 0.05) is 0 Å². The highest BCUT2D eigenvalue weighted by Gasteiger charge is 2.69. The largest absolute Gasteiger partial charge is 0.360 e. The highest BCUT2D eigenvalue weighted by atomic mass is 16.7. The van der Waals surface area contributed by atoms with E-state index in [4.69, 9.17) is 9.57 Å². The van der Waals surface area contributed by atoms with E-state index in [0.717, 1.165) is 12.8 Å². The lowest BCUT2D eigenvalue weighted by molar-refractivity contribution is -0.302. The molecule has 2 atom stereocenters. The van der Waals surface area contributed by atoms with Gasteiger partial charge < -0.3 is 4.74 Å². The first kappa shape index (κ1) is 16.6. The Hall–Kier alpha value is -0.900. The summed E-state index contributed by atoms with van der Waals surface area (Å²) in [6.07, 6.45) is 4.83. The summed E-state index contributed by atoms with van der Waals surface area (Å²) in [4.78, 5) is 6.79. The zero-order chi connectivity index (χ0) is 17.4. The molecular formula is C21H31NO2. The fourth-order valence-corrected chi connectivity index (χ4v) is 5.34. The minimum absolute atomic E-state index is 0.0566. The third kappa shape index (κ3) is 2.01. The van der Waals surface area contributed by atoms with E-state index in [2.05, 4.69) is 70.9 Å². The molecule has 1 aromatic rings. The number of ether oxygens (including phenoxy) is 1. The first-order valence-electron chi connectivity index (χ1n) is 9.40. The molecule has 3 nitrogen and oxygen atoms in total. The summed E-state index contributed by atoms with van der Waals surface area (Å²) >= 11 is 0. The lowest BCUT2D eigenvalue weighted by atomic mass is 9.79. The highest BCUT2D eigenvalue weighted by Crippen LogP contribution is 2.59. The SMILES string of the molecule is CC1(C)c2ccccc2C(C)(C)N1O[C@H]1CCCC[C@@]12OC2(C)C. The molecule has 2 heterocycles. The van der Waals surface area contributed by atoms with Crippen molar-refractivity contribution < 1.29 is 9.57 Å². The van der Waals surface area contributed by atoms with Crippen LogP contribution < -0.4 is 0 Å². The Kier molecular flexibility index (Phi) is 3.34. The van der Waals surface area contributed by atoms with Gasteiger partial charge in [0.25, 0.3) is 0 Å². The van der Waals surface area contributed by atoms with Gasteiger partial charge in [0.1, 0.15) is 11.7 Å². The second-order valence-electron chi connectivity index (χ2n) is 9.30. The van der Waals surface area contributed by atoms with Crippen LogP contribution in [-0.2, 0) is 20.7 Å². The minimum atomic E-state index is -0.141. The standard InChI is InChI=1S/C21H31NO2/c1-18(2)15-11-7-8-12-16(15)19(3,4)22(18)23-17-13-9-10-14-21(17)20(5,6)24-21/h7-8,11-12,17H,9-10,13-14H2,1-6H3/t17-,21+/m0/s1. The molecule has 0 unspecified atom stereocenters. The summed E-state index contributed by atoms with van der Waals surface area (Å²) in [6.45, 7) is 13.5. The molecule has 0 bridgehead atoms. The lowest BCUT2D eigenvalue weighted by Crippen LogP contribution is -2.52. The van der Waals surface area contributed by atoms with E-state index in [-0.39, 0.29) is 28.4 Å². The third-order valence-corrected chi connectivity index (χ3v) is 6.69. The van der Waals surface area contributed by atoms with Gasteiger partial charge in [0.05, 0.1) is 16.7 Å². The van der Waals surface area contributed by atoms with Crippen molar-refractivity contribution in [2.75, 3.05) is 0 Å². The lowest BCUT2D eigenvalue weighted by Gasteiger charge is -2.44. The molecule has 1 saturated heterocycles. The summed E-state index contributed by atoms with van der Waals surface area (Å²) in [5, 5.41) is 2.25. The fourth-order valence-electron chi connectivity index (χ4n) is 5.34. The van der Waals surface area contributed by atoms with E-state index in [1.807, 2.05) is 0 Å². The van der Waals surface area contributed by atoms with Crippen LogP contribution in [0.5, 0.6) is 0 Å². The fraction of sp³-hybridized carbons (Fsp3) is 0.714. The van der Waals surface area contributed by atoms with Gasteiger partial charge >= 0.3 is 0 Å². The molecule has 0 N–H and O–H groups in total. The summed E-state index contributed by atoms with van der Waals surface area (Å²) in [5.41, 5.74) is 2.31. The van der Waals surface area contributed by atoms with E-state index >= 15 is 0 Å². The van der Waals surface area contributed by atoms with Crippen LogP contribution in [0.15, 0.2) is 24.3 Å². The first-order chi connectivity index (χ1) is 11.1. The Balaban J connectivity index is 1.68. The number of hydroxylamine groups is 2. The average Bonchev–Trinajstić information content (AvgIpc) is 3.01. The summed E-state index contributed by atoms with van der Waals surface area (Å²) in [7, 11) is 0. The molecule has 2 aliphatic heterocycles. The summed E-state index contributed by atoms with van der Waals surface area (Å²) in [5.74, 6) is 0. The second-order valence-corrected chi connectivity index (χ2v) is 9.30. The van der Waals surface area contributed by atoms with Gasteiger partial charge in [-0.2, -0.15) is 5.06 Å². The van der Waals surface area contributed by atoms with Crippen LogP contribution in [0, 0.1) is 0 Å². The molecule has 1 saturated carbocycles. The van der Waals surface area contributed by atoms with Crippen LogP contribution in [0.3, 0.4) is 0 Å². The van der Waals surface area contributed by atoms with E-state index in [1.165, 1.54) is 24.0 Å². The molecule has 1 aromatic carbocycles. The summed E-state index contributed by atoms with van der Waals surface area (Å²) in [6, 6.07) is 8.76. The normalized spacial score (nSPS) is 35.8. The van der Waals surface area contributed by atoms with E-state index in [0.29, 0.717) is 0 Å². The Labute approximate surface area is 146 Å². The molecular weight excluding hydrogens is 298 g/mol. The molecule has 4 rings (SSSR count). The van der Waals surface area contributed by atoms with Gasteiger partial charge in [0.15, 0.2) is 0 Å². The van der Waals surface area contributed by atoms with Crippen LogP contribution in [0.4, 0.5) is 0 Å². The Morgan fingerprint density at radius 1 is 0.958 bits per heavy atom. The number of nitrogens with zero attached hydrogens (tertiary/aromatic N) is 1. The third-order valence-electron chi connectivity index (χ3n) is 6.69. The van der Waals surface area contributed by atoms with Crippen molar-refractivity contribution in [1.82, 2.24) is 5.06 Å². The molecule has 0 radical (unpaired) electrons. The Morgan fingerprint density at radius 2 is 1.50 bits per heavy atom. The quantitative estimate of drug-likeness (QED) is 0.722. The van der Waals surface area contributed by atoms with Gasteiger partial charge in [-0.05, 0) is 65.5 Å². The van der Waals surface area contributed by atoms with E-state index in [1.54, 1.807) is 0 Å². The topological polar surface area (TPSA) is 25.0 Å². The van der Waals surface area contributed by atoms with Gasteiger partial charge in [-0.1, -0.05) is 37.1 Å². The maximum Gasteiger partial charge on any atom is 0.125 e. The van der Waals surface area contributed by atoms with Gasteiger partial charge in [-0.15, -0.1) is 0 Å². The molecule has 3 aliphatic rings. The van der Waals surface area contributed by atoms with Gasteiger partial charge in [-0.3, -0.25) is 4.84 Å². The molecule has 1 aliphatic carbocycles. The maximum atomic E-state index is 6.79. The van der Waals surface area contributed by atoms with Crippen LogP contribution in [0.25, 0.3) is 0 Å². The van der Waals surface area contributed by atoms with Crippen LogP contribution in [0.2, 0.25) is 0 Å². The van der Waals surface area contributed by atoms with Crippen LogP contribution in [-0.4, -0.2) is 22.4 Å². The number of epoxide rings is 1. The average molecular weight is 329 g/mol. The van der Waals surface area contributed by atoms with Crippen molar-refractivity contribution in [3.05, 3.63) is 35.4 Å².